The second kappa shape index (κ2) is 8.84. The van der Waals surface area contributed by atoms with Gasteiger partial charge in [-0.25, -0.2) is 4.79 Å². The summed E-state index contributed by atoms with van der Waals surface area (Å²) in [5.74, 6) is 0.947. The maximum Gasteiger partial charge on any atom is 0.353 e. The highest BCUT2D eigenvalue weighted by molar-refractivity contribution is 7.57. The van der Waals surface area contributed by atoms with E-state index in [1.54, 1.807) is 13.8 Å². The third kappa shape index (κ3) is 4.42. The molecule has 13 nitrogen and oxygen atoms in total. The van der Waals surface area contributed by atoms with E-state index in [1.165, 1.54) is 0 Å². The molecule has 2 heterocycles. The van der Waals surface area contributed by atoms with Crippen LogP contribution in [0.2, 0.25) is 0 Å². The van der Waals surface area contributed by atoms with Crippen molar-refractivity contribution in [1.82, 2.24) is 9.55 Å². The van der Waals surface area contributed by atoms with Crippen LogP contribution in [0.5, 0.6) is 0 Å². The first-order valence-electron chi connectivity index (χ1n) is 8.22. The van der Waals surface area contributed by atoms with Gasteiger partial charge in [0.2, 0.25) is 0 Å². The molecule has 1 aliphatic rings. The van der Waals surface area contributed by atoms with E-state index in [4.69, 9.17) is 19.3 Å². The molecular weight excluding hydrogens is 397 g/mol. The lowest BCUT2D eigenvalue weighted by atomic mass is 10.1. The van der Waals surface area contributed by atoms with Gasteiger partial charge < -0.3 is 24.0 Å². The molecule has 1 aromatic heterocycles. The Balaban J connectivity index is 2.47. The summed E-state index contributed by atoms with van der Waals surface area (Å²) < 4.78 is 29.0. The zero-order chi connectivity index (χ0) is 20.9. The van der Waals surface area contributed by atoms with Crippen LogP contribution in [0, 0.1) is 0 Å². The van der Waals surface area contributed by atoms with Crippen molar-refractivity contribution in [3.8, 4) is 0 Å². The van der Waals surface area contributed by atoms with Crippen LogP contribution in [0.4, 0.5) is 0 Å². The predicted molar refractivity (Wildman–Crippen MR) is 95.3 cm³/mol. The normalized spacial score (nSPS) is 27.8. The van der Waals surface area contributed by atoms with Gasteiger partial charge in [-0.3, -0.25) is 18.9 Å². The maximum atomic E-state index is 12.6. The average molecular weight is 417 g/mol. The summed E-state index contributed by atoms with van der Waals surface area (Å²) in [6.07, 6.45) is -3.07. The first-order chi connectivity index (χ1) is 13.2. The van der Waals surface area contributed by atoms with Gasteiger partial charge >= 0.3 is 13.3 Å². The Kier molecular flexibility index (Phi) is 6.96. The second-order valence-electron chi connectivity index (χ2n) is 5.59. The number of hydrogen-bond acceptors (Lipinski definition) is 9. The Hall–Kier alpha value is -2.24. The molecule has 0 amide bonds. The number of aromatic amines is 1. The van der Waals surface area contributed by atoms with Crippen LogP contribution in [-0.4, -0.2) is 50.9 Å². The van der Waals surface area contributed by atoms with Gasteiger partial charge in [0.25, 0.3) is 5.56 Å². The number of aromatic nitrogens is 2. The first-order valence-corrected chi connectivity index (χ1v) is 9.84. The quantitative estimate of drug-likeness (QED) is 0.237. The zero-order valence-electron chi connectivity index (χ0n) is 15.0. The number of rotatable bonds is 8. The molecule has 0 aliphatic carbocycles. The second-order valence-corrected chi connectivity index (χ2v) is 7.49. The molecule has 4 atom stereocenters. The van der Waals surface area contributed by atoms with E-state index in [0.717, 1.165) is 28.7 Å². The molecule has 0 saturated carbocycles. The molecule has 0 bridgehead atoms. The number of nitrogens with one attached hydrogen (secondary N) is 1. The highest BCUT2D eigenvalue weighted by atomic mass is 31.2. The van der Waals surface area contributed by atoms with E-state index in [0.29, 0.717) is 0 Å². The van der Waals surface area contributed by atoms with Crippen molar-refractivity contribution in [3.05, 3.63) is 55.4 Å². The number of aliphatic hydroxyl groups excluding tert-OH is 2. The highest BCUT2D eigenvalue weighted by Crippen LogP contribution is 2.51. The third-order valence-corrected chi connectivity index (χ3v) is 5.54. The standard InChI is InChI=1S/C14H20N5O8P/c1-3-25-28(24,26-4-2)8-6-14(17-18-15)11(22)10(21)12(27-14)19-7-5-9(20)16-13(19)23/h5-8,10-12,21-22H,3-4H2,1-2H3,(H,16,20,23). The fourth-order valence-corrected chi connectivity index (χ4v) is 3.95. The summed E-state index contributed by atoms with van der Waals surface area (Å²) in [5.41, 5.74) is 5.08. The smallest absolute Gasteiger partial charge is 0.353 e. The van der Waals surface area contributed by atoms with Crippen LogP contribution >= 0.6 is 7.60 Å². The SMILES string of the molecule is CCOP(=O)(C=CC1(N=[N+]=[N-])OC(n2ccc(=O)[nH]c2=O)C(O)C1O)OCC. The number of H-pyrrole nitrogens is 1. The number of aliphatic hydroxyl groups is 2. The summed E-state index contributed by atoms with van der Waals surface area (Å²) in [4.78, 5) is 27.7. The molecule has 1 aromatic rings. The summed E-state index contributed by atoms with van der Waals surface area (Å²) >= 11 is 0. The van der Waals surface area contributed by atoms with Crippen LogP contribution in [0.3, 0.4) is 0 Å². The van der Waals surface area contributed by atoms with Crippen molar-refractivity contribution in [1.29, 1.82) is 0 Å². The lowest BCUT2D eigenvalue weighted by Crippen LogP contribution is -2.40. The van der Waals surface area contributed by atoms with Crippen molar-refractivity contribution in [3.63, 3.8) is 0 Å². The number of nitrogens with zero attached hydrogens (tertiary/aromatic N) is 4. The Bertz CT molecular complexity index is 928. The Morgan fingerprint density at radius 3 is 2.61 bits per heavy atom. The third-order valence-electron chi connectivity index (χ3n) is 3.79. The van der Waals surface area contributed by atoms with Gasteiger partial charge in [0.15, 0.2) is 12.0 Å². The summed E-state index contributed by atoms with van der Waals surface area (Å²) in [7, 11) is -3.74. The molecule has 2 rings (SSSR count). The van der Waals surface area contributed by atoms with Crippen molar-refractivity contribution < 1.29 is 28.6 Å². The summed E-state index contributed by atoms with van der Waals surface area (Å²) in [6.45, 7) is 3.28. The Labute approximate surface area is 158 Å². The molecule has 0 spiro atoms. The summed E-state index contributed by atoms with van der Waals surface area (Å²) in [5, 5.41) is 24.1. The number of hydrogen-bond donors (Lipinski definition) is 3. The van der Waals surface area contributed by atoms with Gasteiger partial charge in [0.05, 0.1) is 13.2 Å². The van der Waals surface area contributed by atoms with Crippen molar-refractivity contribution >= 4 is 7.60 Å². The van der Waals surface area contributed by atoms with E-state index >= 15 is 0 Å². The largest absolute Gasteiger partial charge is 0.387 e. The van der Waals surface area contributed by atoms with Gasteiger partial charge in [-0.1, -0.05) is 5.11 Å². The van der Waals surface area contributed by atoms with Crippen LogP contribution in [0.1, 0.15) is 20.1 Å². The number of azide groups is 1. The van der Waals surface area contributed by atoms with Crippen LogP contribution in [0.25, 0.3) is 10.4 Å². The Morgan fingerprint density at radius 2 is 2.07 bits per heavy atom. The van der Waals surface area contributed by atoms with Crippen molar-refractivity contribution in [2.45, 2.75) is 38.0 Å². The zero-order valence-corrected chi connectivity index (χ0v) is 15.9. The van der Waals surface area contributed by atoms with Gasteiger partial charge in [-0.2, -0.15) is 0 Å². The molecular formula is C14H20N5O8P. The van der Waals surface area contributed by atoms with Gasteiger partial charge in [0, 0.05) is 23.0 Å². The lowest BCUT2D eigenvalue weighted by Gasteiger charge is -2.23. The van der Waals surface area contributed by atoms with Crippen molar-refractivity contribution in [2.24, 2.45) is 5.11 Å². The van der Waals surface area contributed by atoms with Crippen LogP contribution < -0.4 is 11.2 Å². The van der Waals surface area contributed by atoms with Gasteiger partial charge in [0.1, 0.15) is 12.2 Å². The minimum absolute atomic E-state index is 0.0531. The topological polar surface area (TPSA) is 189 Å². The summed E-state index contributed by atoms with van der Waals surface area (Å²) in [6, 6.07) is 1.01. The van der Waals surface area contributed by atoms with Crippen LogP contribution in [0.15, 0.2) is 38.9 Å². The van der Waals surface area contributed by atoms with Crippen LogP contribution in [-0.2, 0) is 18.3 Å². The van der Waals surface area contributed by atoms with Crippen molar-refractivity contribution in [2.75, 3.05) is 13.2 Å². The fraction of sp³-hybridized carbons (Fsp3) is 0.571. The monoisotopic (exact) mass is 417 g/mol. The molecule has 154 valence electrons. The molecule has 4 unspecified atom stereocenters. The first kappa shape index (κ1) is 22.1. The molecule has 14 heteroatoms. The molecule has 1 saturated heterocycles. The fourth-order valence-electron chi connectivity index (χ4n) is 2.59. The molecule has 3 N–H and O–H groups in total. The molecule has 28 heavy (non-hydrogen) atoms. The van der Waals surface area contributed by atoms with Gasteiger partial charge in [-0.15, -0.1) is 0 Å². The minimum Gasteiger partial charge on any atom is -0.387 e. The van der Waals surface area contributed by atoms with E-state index in [-0.39, 0.29) is 13.2 Å². The maximum absolute atomic E-state index is 12.6. The van der Waals surface area contributed by atoms with E-state index in [1.807, 2.05) is 4.98 Å². The molecule has 1 aliphatic heterocycles. The highest BCUT2D eigenvalue weighted by Gasteiger charge is 2.54. The van der Waals surface area contributed by atoms with E-state index in [2.05, 4.69) is 10.0 Å². The van der Waals surface area contributed by atoms with E-state index < -0.39 is 43.0 Å². The minimum atomic E-state index is -3.74. The Morgan fingerprint density at radius 1 is 1.43 bits per heavy atom. The predicted octanol–water partition coefficient (Wildman–Crippen LogP) is 0.574. The molecule has 1 fully saturated rings. The molecule has 0 radical (unpaired) electrons. The molecule has 0 aromatic carbocycles. The lowest BCUT2D eigenvalue weighted by molar-refractivity contribution is -0.0730. The number of ether oxygens (including phenoxy) is 1. The van der Waals surface area contributed by atoms with E-state index in [9.17, 15) is 24.4 Å². The van der Waals surface area contributed by atoms with Gasteiger partial charge in [-0.05, 0) is 25.5 Å². The average Bonchev–Trinajstić information content (AvgIpc) is 2.87.